The highest BCUT2D eigenvalue weighted by Gasteiger charge is 2.36. The van der Waals surface area contributed by atoms with Crippen LogP contribution in [0.1, 0.15) is 49.5 Å². The zero-order chi connectivity index (χ0) is 19.5. The van der Waals surface area contributed by atoms with Crippen LogP contribution in [-0.4, -0.2) is 47.4 Å². The van der Waals surface area contributed by atoms with E-state index in [2.05, 4.69) is 5.32 Å². The van der Waals surface area contributed by atoms with Gasteiger partial charge in [-0.25, -0.2) is 9.18 Å². The molecular weight excluding hydrogens is 339 g/mol. The lowest BCUT2D eigenvalue weighted by Crippen LogP contribution is -2.44. The fourth-order valence-corrected chi connectivity index (χ4v) is 2.96. The van der Waals surface area contributed by atoms with Gasteiger partial charge in [-0.3, -0.25) is 9.59 Å². The third-order valence-electron chi connectivity index (χ3n) is 4.11. The number of Topliss-reactive ketones (excluding diaryl/α,β-unsaturated/α-hetero) is 1. The highest BCUT2D eigenvalue weighted by molar-refractivity contribution is 6.04. The van der Waals surface area contributed by atoms with Gasteiger partial charge in [0.2, 0.25) is 5.91 Å². The van der Waals surface area contributed by atoms with Crippen molar-refractivity contribution >= 4 is 17.8 Å². The number of ether oxygens (including phenoxy) is 1. The molecule has 0 bridgehead atoms. The van der Waals surface area contributed by atoms with Gasteiger partial charge in [0.15, 0.2) is 5.78 Å². The maximum atomic E-state index is 13.3. The monoisotopic (exact) mass is 364 g/mol. The van der Waals surface area contributed by atoms with E-state index >= 15 is 0 Å². The molecule has 7 heteroatoms. The van der Waals surface area contributed by atoms with Crippen molar-refractivity contribution in [1.29, 1.82) is 0 Å². The van der Waals surface area contributed by atoms with Crippen LogP contribution in [0.2, 0.25) is 0 Å². The summed E-state index contributed by atoms with van der Waals surface area (Å²) < 4.78 is 18.4. The maximum Gasteiger partial charge on any atom is 0.407 e. The molecule has 1 fully saturated rings. The van der Waals surface area contributed by atoms with Crippen LogP contribution in [0.4, 0.5) is 9.18 Å². The molecule has 0 radical (unpaired) electrons. The van der Waals surface area contributed by atoms with Gasteiger partial charge in [-0.1, -0.05) is 0 Å². The molecule has 1 N–H and O–H groups in total. The Bertz CT molecular complexity index is 712. The molecule has 1 saturated heterocycles. The summed E-state index contributed by atoms with van der Waals surface area (Å²) in [6.45, 7) is 7.35. The Morgan fingerprint density at radius 1 is 1.35 bits per heavy atom. The summed E-state index contributed by atoms with van der Waals surface area (Å²) in [5, 5.41) is 2.59. The lowest BCUT2D eigenvalue weighted by atomic mass is 9.98. The molecule has 1 atom stereocenters. The van der Waals surface area contributed by atoms with E-state index in [1.165, 1.54) is 23.1 Å². The second-order valence-electron chi connectivity index (χ2n) is 7.39. The van der Waals surface area contributed by atoms with Crippen molar-refractivity contribution in [3.05, 3.63) is 35.1 Å². The zero-order valence-corrected chi connectivity index (χ0v) is 15.6. The average molecular weight is 364 g/mol. The second-order valence-corrected chi connectivity index (χ2v) is 7.39. The van der Waals surface area contributed by atoms with Crippen LogP contribution in [0, 0.1) is 12.7 Å². The minimum absolute atomic E-state index is 0.130. The Labute approximate surface area is 152 Å². The fourth-order valence-electron chi connectivity index (χ4n) is 2.96. The van der Waals surface area contributed by atoms with Crippen molar-refractivity contribution in [2.24, 2.45) is 0 Å². The Morgan fingerprint density at radius 3 is 2.65 bits per heavy atom. The van der Waals surface area contributed by atoms with E-state index in [-0.39, 0.29) is 31.2 Å². The van der Waals surface area contributed by atoms with Gasteiger partial charge in [0.1, 0.15) is 11.4 Å². The van der Waals surface area contributed by atoms with E-state index in [0.29, 0.717) is 17.5 Å². The molecule has 142 valence electrons. The normalized spacial score (nSPS) is 17.3. The number of hydrogen-bond donors (Lipinski definition) is 1. The number of ketones is 1. The Balaban J connectivity index is 1.99. The van der Waals surface area contributed by atoms with Crippen LogP contribution in [0.3, 0.4) is 0 Å². The van der Waals surface area contributed by atoms with Crippen LogP contribution >= 0.6 is 0 Å². The first-order valence-corrected chi connectivity index (χ1v) is 8.65. The van der Waals surface area contributed by atoms with Crippen molar-refractivity contribution < 1.29 is 23.5 Å². The molecule has 0 saturated carbocycles. The van der Waals surface area contributed by atoms with Crippen molar-refractivity contribution in [3.63, 3.8) is 0 Å². The number of rotatable bonds is 5. The highest BCUT2D eigenvalue weighted by atomic mass is 19.1. The average Bonchev–Trinajstić information content (AvgIpc) is 2.86. The fraction of sp³-hybridized carbons (Fsp3) is 0.526. The molecule has 1 aliphatic heterocycles. The van der Waals surface area contributed by atoms with E-state index in [1.54, 1.807) is 27.7 Å². The zero-order valence-electron chi connectivity index (χ0n) is 15.6. The number of alkyl carbamates (subject to hydrolysis) is 1. The van der Waals surface area contributed by atoms with Gasteiger partial charge in [0, 0.05) is 25.1 Å². The first-order valence-electron chi connectivity index (χ1n) is 8.65. The van der Waals surface area contributed by atoms with E-state index in [9.17, 15) is 18.8 Å². The number of amides is 2. The number of likely N-dealkylation sites (tertiary alicyclic amines) is 1. The molecule has 1 aliphatic rings. The van der Waals surface area contributed by atoms with E-state index < -0.39 is 23.6 Å². The Hall–Kier alpha value is -2.44. The van der Waals surface area contributed by atoms with Crippen molar-refractivity contribution in [1.82, 2.24) is 10.2 Å². The van der Waals surface area contributed by atoms with Gasteiger partial charge in [0.25, 0.3) is 0 Å². The minimum atomic E-state index is -0.605. The summed E-state index contributed by atoms with van der Waals surface area (Å²) in [7, 11) is 0. The lowest BCUT2D eigenvalue weighted by molar-refractivity contribution is -0.128. The van der Waals surface area contributed by atoms with Gasteiger partial charge in [-0.15, -0.1) is 0 Å². The molecule has 26 heavy (non-hydrogen) atoms. The molecular formula is C19H25FN2O4. The molecule has 1 aromatic rings. The number of benzene rings is 1. The molecule has 0 aliphatic carbocycles. The number of nitrogens with zero attached hydrogens (tertiary/aromatic N) is 1. The number of nitrogens with one attached hydrogen (secondary N) is 1. The van der Waals surface area contributed by atoms with Crippen molar-refractivity contribution in [2.75, 3.05) is 13.1 Å². The molecule has 0 unspecified atom stereocenters. The van der Waals surface area contributed by atoms with Gasteiger partial charge in [-0.05, 0) is 57.9 Å². The van der Waals surface area contributed by atoms with Gasteiger partial charge in [0.05, 0.1) is 6.04 Å². The van der Waals surface area contributed by atoms with Gasteiger partial charge in [-0.2, -0.15) is 0 Å². The van der Waals surface area contributed by atoms with Crippen LogP contribution in [0.25, 0.3) is 0 Å². The number of hydrogen-bond acceptors (Lipinski definition) is 4. The number of carbonyl (C=O) groups is 3. The molecule has 1 aromatic carbocycles. The van der Waals surface area contributed by atoms with Crippen LogP contribution < -0.4 is 5.32 Å². The summed E-state index contributed by atoms with van der Waals surface area (Å²) in [4.78, 5) is 38.1. The van der Waals surface area contributed by atoms with Crippen LogP contribution in [0.5, 0.6) is 0 Å². The smallest absolute Gasteiger partial charge is 0.407 e. The van der Waals surface area contributed by atoms with E-state index in [0.717, 1.165) is 0 Å². The molecule has 2 rings (SSSR count). The first kappa shape index (κ1) is 19.9. The van der Waals surface area contributed by atoms with Crippen molar-refractivity contribution in [2.45, 2.75) is 52.2 Å². The Kier molecular flexibility index (Phi) is 6.00. The molecule has 1 heterocycles. The maximum absolute atomic E-state index is 13.3. The number of halogens is 1. The van der Waals surface area contributed by atoms with Gasteiger partial charge >= 0.3 is 6.09 Å². The highest BCUT2D eigenvalue weighted by Crippen LogP contribution is 2.23. The van der Waals surface area contributed by atoms with E-state index in [4.69, 9.17) is 4.74 Å². The molecule has 2 amide bonds. The lowest BCUT2D eigenvalue weighted by Gasteiger charge is -2.25. The topological polar surface area (TPSA) is 75.7 Å². The largest absolute Gasteiger partial charge is 0.444 e. The Morgan fingerprint density at radius 2 is 2.04 bits per heavy atom. The van der Waals surface area contributed by atoms with E-state index in [1.807, 2.05) is 0 Å². The third kappa shape index (κ3) is 5.03. The molecule has 0 spiro atoms. The van der Waals surface area contributed by atoms with Gasteiger partial charge < -0.3 is 15.0 Å². The standard InChI is InChI=1S/C19H25FN2O4/c1-12-11-13(20)5-6-14(12)17(24)15-7-8-16(23)22(15)10-9-21-18(25)26-19(2,3)4/h5-6,11,15H,7-10H2,1-4H3,(H,21,25)/t15-/m0/s1. The molecule has 0 aromatic heterocycles. The summed E-state index contributed by atoms with van der Waals surface area (Å²) >= 11 is 0. The predicted octanol–water partition coefficient (Wildman–Crippen LogP) is 2.83. The minimum Gasteiger partial charge on any atom is -0.444 e. The van der Waals surface area contributed by atoms with Crippen molar-refractivity contribution in [3.8, 4) is 0 Å². The van der Waals surface area contributed by atoms with Crippen LogP contribution in [-0.2, 0) is 9.53 Å². The number of carbonyl (C=O) groups excluding carboxylic acids is 3. The SMILES string of the molecule is Cc1cc(F)ccc1C(=O)[C@@H]1CCC(=O)N1CCNC(=O)OC(C)(C)C. The number of aryl methyl sites for hydroxylation is 1. The summed E-state index contributed by atoms with van der Waals surface area (Å²) in [5.74, 6) is -0.736. The quantitative estimate of drug-likeness (QED) is 0.815. The predicted molar refractivity (Wildman–Crippen MR) is 94.4 cm³/mol. The summed E-state index contributed by atoms with van der Waals surface area (Å²) in [6.07, 6.45) is 0.130. The summed E-state index contributed by atoms with van der Waals surface area (Å²) in [6, 6.07) is 3.41. The first-order chi connectivity index (χ1) is 12.1. The second kappa shape index (κ2) is 7.85. The van der Waals surface area contributed by atoms with Crippen LogP contribution in [0.15, 0.2) is 18.2 Å². The molecule has 6 nitrogen and oxygen atoms in total. The third-order valence-corrected chi connectivity index (χ3v) is 4.11. The summed E-state index contributed by atoms with van der Waals surface area (Å²) in [5.41, 5.74) is 0.351.